The van der Waals surface area contributed by atoms with Gasteiger partial charge in [-0.3, -0.25) is 4.79 Å². The Morgan fingerprint density at radius 1 is 0.879 bits per heavy atom. The summed E-state index contributed by atoms with van der Waals surface area (Å²) in [5, 5.41) is 6.82. The third-order valence-electron chi connectivity index (χ3n) is 4.61. The van der Waals surface area contributed by atoms with Crippen LogP contribution in [-0.2, 0) is 11.4 Å². The van der Waals surface area contributed by atoms with Crippen molar-refractivity contribution in [3.05, 3.63) is 120 Å². The van der Waals surface area contributed by atoms with Gasteiger partial charge in [-0.2, -0.15) is 0 Å². The number of anilines is 1. The number of pyridine rings is 1. The molecule has 1 amide bonds. The van der Waals surface area contributed by atoms with Crippen molar-refractivity contribution in [3.8, 4) is 11.6 Å². The molecule has 0 saturated heterocycles. The number of amidine groups is 1. The van der Waals surface area contributed by atoms with E-state index < -0.39 is 0 Å². The minimum atomic E-state index is -0.199. The molecule has 0 fully saturated rings. The van der Waals surface area contributed by atoms with Crippen LogP contribution in [0.2, 0.25) is 0 Å². The normalized spacial score (nSPS) is 11.0. The van der Waals surface area contributed by atoms with Crippen molar-refractivity contribution in [3.63, 3.8) is 0 Å². The highest BCUT2D eigenvalue weighted by Crippen LogP contribution is 2.18. The number of carbonyl (C=O) groups is 1. The van der Waals surface area contributed by atoms with Crippen LogP contribution in [0.4, 0.5) is 5.69 Å². The Morgan fingerprint density at radius 2 is 1.64 bits per heavy atom. The van der Waals surface area contributed by atoms with Crippen molar-refractivity contribution >= 4 is 17.4 Å². The van der Waals surface area contributed by atoms with Gasteiger partial charge in [0.1, 0.15) is 12.4 Å². The van der Waals surface area contributed by atoms with Crippen molar-refractivity contribution in [1.82, 2.24) is 4.98 Å². The van der Waals surface area contributed by atoms with E-state index in [2.05, 4.69) is 15.5 Å². The number of aromatic nitrogens is 1. The summed E-state index contributed by atoms with van der Waals surface area (Å²) in [5.41, 5.74) is 8.65. The number of oxime groups is 1. The second kappa shape index (κ2) is 10.6. The van der Waals surface area contributed by atoms with Crippen molar-refractivity contribution in [2.45, 2.75) is 6.61 Å². The standard InChI is InChI=1S/C26H22N4O3/c27-25(21-14-15-24(28-17-21)33-23-12-5-2-6-13-23)30-32-18-19-8-7-9-20(16-19)26(31)29-22-10-3-1-4-11-22/h1-17H,18H2,(H2,27,30)(H,29,31). The first-order chi connectivity index (χ1) is 16.2. The molecule has 0 atom stereocenters. The van der Waals surface area contributed by atoms with Crippen LogP contribution in [0.15, 0.2) is 108 Å². The SMILES string of the molecule is N/C(=N/OCc1cccc(C(=O)Nc2ccccc2)c1)c1ccc(Oc2ccccc2)nc1. The Bertz CT molecular complexity index is 1230. The third kappa shape index (κ3) is 6.18. The Hall–Kier alpha value is -4.65. The van der Waals surface area contributed by atoms with E-state index in [-0.39, 0.29) is 18.3 Å². The largest absolute Gasteiger partial charge is 0.439 e. The summed E-state index contributed by atoms with van der Waals surface area (Å²) < 4.78 is 5.66. The highest BCUT2D eigenvalue weighted by Gasteiger charge is 2.07. The Balaban J connectivity index is 1.33. The minimum absolute atomic E-state index is 0.162. The maximum absolute atomic E-state index is 12.5. The summed E-state index contributed by atoms with van der Waals surface area (Å²) in [6.07, 6.45) is 1.56. The van der Waals surface area contributed by atoms with Gasteiger partial charge in [0.2, 0.25) is 5.88 Å². The molecular formula is C26H22N4O3. The van der Waals surface area contributed by atoms with Gasteiger partial charge in [0.25, 0.3) is 5.91 Å². The average Bonchev–Trinajstić information content (AvgIpc) is 2.86. The number of nitrogens with zero attached hydrogens (tertiary/aromatic N) is 2. The van der Waals surface area contributed by atoms with Gasteiger partial charge in [-0.25, -0.2) is 4.98 Å². The fourth-order valence-electron chi connectivity index (χ4n) is 2.96. The van der Waals surface area contributed by atoms with Crippen LogP contribution in [0.3, 0.4) is 0 Å². The number of ether oxygens (including phenoxy) is 1. The van der Waals surface area contributed by atoms with Gasteiger partial charge in [0.15, 0.2) is 5.84 Å². The molecule has 7 nitrogen and oxygen atoms in total. The monoisotopic (exact) mass is 438 g/mol. The maximum atomic E-state index is 12.5. The first-order valence-electron chi connectivity index (χ1n) is 10.3. The molecule has 164 valence electrons. The molecule has 1 heterocycles. The number of para-hydroxylation sites is 2. The lowest BCUT2D eigenvalue weighted by atomic mass is 10.1. The van der Waals surface area contributed by atoms with E-state index in [1.165, 1.54) is 0 Å². The quantitative estimate of drug-likeness (QED) is 0.230. The first-order valence-corrected chi connectivity index (χ1v) is 10.3. The van der Waals surface area contributed by atoms with E-state index in [1.54, 1.807) is 36.5 Å². The van der Waals surface area contributed by atoms with Gasteiger partial charge in [0, 0.05) is 29.1 Å². The molecule has 3 N–H and O–H groups in total. The Labute approximate surface area is 191 Å². The van der Waals surface area contributed by atoms with Crippen LogP contribution in [0.5, 0.6) is 11.6 Å². The zero-order valence-corrected chi connectivity index (χ0v) is 17.7. The predicted octanol–water partition coefficient (Wildman–Crippen LogP) is 4.96. The minimum Gasteiger partial charge on any atom is -0.439 e. The van der Waals surface area contributed by atoms with Crippen LogP contribution < -0.4 is 15.8 Å². The van der Waals surface area contributed by atoms with Gasteiger partial charge >= 0.3 is 0 Å². The molecule has 0 bridgehead atoms. The number of nitrogens with two attached hydrogens (primary N) is 1. The second-order valence-electron chi connectivity index (χ2n) is 7.07. The molecule has 0 aliphatic rings. The maximum Gasteiger partial charge on any atom is 0.255 e. The van der Waals surface area contributed by atoms with E-state index in [9.17, 15) is 4.79 Å². The smallest absolute Gasteiger partial charge is 0.255 e. The molecule has 7 heteroatoms. The highest BCUT2D eigenvalue weighted by molar-refractivity contribution is 6.04. The summed E-state index contributed by atoms with van der Waals surface area (Å²) in [6, 6.07) is 29.3. The molecule has 0 unspecified atom stereocenters. The number of rotatable bonds is 8. The number of carbonyl (C=O) groups excluding carboxylic acids is 1. The molecule has 0 aliphatic heterocycles. The predicted molar refractivity (Wildman–Crippen MR) is 127 cm³/mol. The fourth-order valence-corrected chi connectivity index (χ4v) is 2.96. The summed E-state index contributed by atoms with van der Waals surface area (Å²) in [4.78, 5) is 22.1. The lowest BCUT2D eigenvalue weighted by Crippen LogP contribution is -2.14. The summed E-state index contributed by atoms with van der Waals surface area (Å²) >= 11 is 0. The van der Waals surface area contributed by atoms with Crippen LogP contribution in [0.1, 0.15) is 21.5 Å². The van der Waals surface area contributed by atoms with E-state index in [1.807, 2.05) is 66.7 Å². The van der Waals surface area contributed by atoms with E-state index >= 15 is 0 Å². The van der Waals surface area contributed by atoms with Crippen LogP contribution in [0.25, 0.3) is 0 Å². The van der Waals surface area contributed by atoms with Crippen molar-refractivity contribution in [2.24, 2.45) is 10.9 Å². The molecule has 0 saturated carbocycles. The summed E-state index contributed by atoms with van der Waals surface area (Å²) in [5.74, 6) is 1.13. The van der Waals surface area contributed by atoms with Gasteiger partial charge in [-0.1, -0.05) is 53.7 Å². The molecule has 33 heavy (non-hydrogen) atoms. The molecule has 4 rings (SSSR count). The van der Waals surface area contributed by atoms with E-state index in [0.29, 0.717) is 22.8 Å². The second-order valence-corrected chi connectivity index (χ2v) is 7.07. The molecule has 0 radical (unpaired) electrons. The molecule has 3 aromatic carbocycles. The molecular weight excluding hydrogens is 416 g/mol. The molecule has 1 aromatic heterocycles. The number of nitrogens with one attached hydrogen (secondary N) is 1. The fraction of sp³-hybridized carbons (Fsp3) is 0.0385. The topological polar surface area (TPSA) is 98.8 Å². The van der Waals surface area contributed by atoms with Gasteiger partial charge in [0.05, 0.1) is 0 Å². The summed E-state index contributed by atoms with van der Waals surface area (Å²) in [6.45, 7) is 0.162. The van der Waals surface area contributed by atoms with Gasteiger partial charge in [-0.15, -0.1) is 0 Å². The Morgan fingerprint density at radius 3 is 2.36 bits per heavy atom. The zero-order valence-electron chi connectivity index (χ0n) is 17.7. The van der Waals surface area contributed by atoms with Crippen molar-refractivity contribution < 1.29 is 14.4 Å². The van der Waals surface area contributed by atoms with Crippen LogP contribution in [0, 0.1) is 0 Å². The Kier molecular flexibility index (Phi) is 6.92. The number of hydrogen-bond donors (Lipinski definition) is 2. The first kappa shape index (κ1) is 21.6. The molecule has 0 aliphatic carbocycles. The van der Waals surface area contributed by atoms with Crippen LogP contribution in [-0.4, -0.2) is 16.7 Å². The van der Waals surface area contributed by atoms with Gasteiger partial charge in [-0.05, 0) is 48.0 Å². The van der Waals surface area contributed by atoms with Crippen LogP contribution >= 0.6 is 0 Å². The van der Waals surface area contributed by atoms with E-state index in [0.717, 1.165) is 11.3 Å². The zero-order chi connectivity index (χ0) is 22.9. The lowest BCUT2D eigenvalue weighted by Gasteiger charge is -2.07. The molecule has 4 aromatic rings. The van der Waals surface area contributed by atoms with E-state index in [4.69, 9.17) is 15.3 Å². The number of amides is 1. The lowest BCUT2D eigenvalue weighted by molar-refractivity contribution is 0.102. The average molecular weight is 438 g/mol. The van der Waals surface area contributed by atoms with Gasteiger partial charge < -0.3 is 20.6 Å². The van der Waals surface area contributed by atoms with Crippen molar-refractivity contribution in [2.75, 3.05) is 5.32 Å². The molecule has 0 spiro atoms. The number of hydrogen-bond acceptors (Lipinski definition) is 5. The highest BCUT2D eigenvalue weighted by atomic mass is 16.6. The van der Waals surface area contributed by atoms with Crippen molar-refractivity contribution in [1.29, 1.82) is 0 Å². The third-order valence-corrected chi connectivity index (χ3v) is 4.61. The number of benzene rings is 3. The summed E-state index contributed by atoms with van der Waals surface area (Å²) in [7, 11) is 0.